The number of carbonyl (C=O) groups excluding carboxylic acids is 2. The van der Waals surface area contributed by atoms with E-state index in [1.165, 1.54) is 31.4 Å². The molecule has 1 aromatic rings. The molecule has 28 heavy (non-hydrogen) atoms. The molecule has 2 aliphatic rings. The van der Waals surface area contributed by atoms with E-state index in [2.05, 4.69) is 17.1 Å². The standard InChI is InChI=1S/C21H32N4O3/c1-3-14-12-25(20(27)13-24(2)17-5-4-6-17)8-7-19(14)23-21(28)15-9-16(22)11-18(26)10-15/h9-11,14,17,19,26H,3-8,12-13,22H2,1-2H3,(H,23,28). The van der Waals surface area contributed by atoms with E-state index in [-0.39, 0.29) is 29.5 Å². The van der Waals surface area contributed by atoms with E-state index in [0.29, 0.717) is 36.9 Å². The van der Waals surface area contributed by atoms with E-state index in [0.717, 1.165) is 12.8 Å². The van der Waals surface area contributed by atoms with Crippen molar-refractivity contribution >= 4 is 17.5 Å². The maximum Gasteiger partial charge on any atom is 0.251 e. The highest BCUT2D eigenvalue weighted by Crippen LogP contribution is 2.25. The highest BCUT2D eigenvalue weighted by atomic mass is 16.3. The number of nitrogens with two attached hydrogens (primary N) is 1. The number of rotatable bonds is 6. The quantitative estimate of drug-likeness (QED) is 0.646. The molecule has 0 spiro atoms. The number of carbonyl (C=O) groups is 2. The van der Waals surface area contributed by atoms with Gasteiger partial charge >= 0.3 is 0 Å². The van der Waals surface area contributed by atoms with Crippen LogP contribution in [0.4, 0.5) is 5.69 Å². The van der Waals surface area contributed by atoms with E-state index in [9.17, 15) is 14.7 Å². The number of nitrogen functional groups attached to an aromatic ring is 1. The molecule has 1 aromatic carbocycles. The maximum absolute atomic E-state index is 12.7. The lowest BCUT2D eigenvalue weighted by atomic mass is 9.89. The Hall–Kier alpha value is -2.28. The van der Waals surface area contributed by atoms with Crippen molar-refractivity contribution < 1.29 is 14.7 Å². The molecule has 2 unspecified atom stereocenters. The van der Waals surface area contributed by atoms with Gasteiger partial charge in [0.1, 0.15) is 5.75 Å². The number of amides is 2. The van der Waals surface area contributed by atoms with Crippen molar-refractivity contribution in [2.75, 3.05) is 32.4 Å². The fraction of sp³-hybridized carbons (Fsp3) is 0.619. The summed E-state index contributed by atoms with van der Waals surface area (Å²) in [6.07, 6.45) is 5.26. The highest BCUT2D eigenvalue weighted by Gasteiger charge is 2.33. The number of likely N-dealkylation sites (tertiary alicyclic amines) is 1. The molecule has 7 nitrogen and oxygen atoms in total. The van der Waals surface area contributed by atoms with Crippen molar-refractivity contribution in [3.8, 4) is 5.75 Å². The van der Waals surface area contributed by atoms with Crippen molar-refractivity contribution in [2.45, 2.75) is 51.1 Å². The van der Waals surface area contributed by atoms with Gasteiger partial charge in [-0.3, -0.25) is 14.5 Å². The lowest BCUT2D eigenvalue weighted by Crippen LogP contribution is -2.54. The molecule has 0 radical (unpaired) electrons. The molecule has 1 saturated heterocycles. The zero-order valence-electron chi connectivity index (χ0n) is 16.9. The Morgan fingerprint density at radius 2 is 2.04 bits per heavy atom. The first-order chi connectivity index (χ1) is 13.4. The largest absolute Gasteiger partial charge is 0.508 e. The summed E-state index contributed by atoms with van der Waals surface area (Å²) in [5.74, 6) is 0.132. The summed E-state index contributed by atoms with van der Waals surface area (Å²) < 4.78 is 0. The number of benzene rings is 1. The van der Waals surface area contributed by atoms with Crippen LogP contribution in [0.2, 0.25) is 0 Å². The molecule has 4 N–H and O–H groups in total. The van der Waals surface area contributed by atoms with E-state index in [1.54, 1.807) is 6.07 Å². The molecule has 2 amide bonds. The molecular weight excluding hydrogens is 356 g/mol. The number of hydrogen-bond donors (Lipinski definition) is 3. The fourth-order valence-electron chi connectivity index (χ4n) is 4.15. The van der Waals surface area contributed by atoms with Crippen LogP contribution in [-0.2, 0) is 4.79 Å². The van der Waals surface area contributed by atoms with E-state index >= 15 is 0 Å². The summed E-state index contributed by atoms with van der Waals surface area (Å²) in [6, 6.07) is 4.95. The number of nitrogens with zero attached hydrogens (tertiary/aromatic N) is 2. The van der Waals surface area contributed by atoms with E-state index in [1.807, 2.05) is 11.9 Å². The molecule has 2 atom stereocenters. The number of phenols is 1. The van der Waals surface area contributed by atoms with Gasteiger partial charge < -0.3 is 21.1 Å². The molecule has 3 rings (SSSR count). The van der Waals surface area contributed by atoms with Crippen LogP contribution in [0.25, 0.3) is 0 Å². The van der Waals surface area contributed by atoms with E-state index < -0.39 is 0 Å². The van der Waals surface area contributed by atoms with Crippen molar-refractivity contribution in [3.05, 3.63) is 23.8 Å². The molecule has 7 heteroatoms. The molecular formula is C21H32N4O3. The van der Waals surface area contributed by atoms with Gasteiger partial charge in [-0.2, -0.15) is 0 Å². The minimum atomic E-state index is -0.240. The number of piperidine rings is 1. The van der Waals surface area contributed by atoms with Crippen LogP contribution in [0.3, 0.4) is 0 Å². The molecule has 1 heterocycles. The number of nitrogens with one attached hydrogen (secondary N) is 1. The van der Waals surface area contributed by atoms with Gasteiger partial charge in [-0.15, -0.1) is 0 Å². The second-order valence-electron chi connectivity index (χ2n) is 8.19. The molecule has 1 aliphatic heterocycles. The van der Waals surface area contributed by atoms with Crippen molar-refractivity contribution in [1.29, 1.82) is 0 Å². The van der Waals surface area contributed by atoms with Gasteiger partial charge in [-0.05, 0) is 50.8 Å². The third kappa shape index (κ3) is 4.76. The topological polar surface area (TPSA) is 98.9 Å². The molecule has 0 bridgehead atoms. The van der Waals surface area contributed by atoms with Crippen molar-refractivity contribution in [2.24, 2.45) is 5.92 Å². The second kappa shape index (κ2) is 8.82. The Bertz CT molecular complexity index is 699. The summed E-state index contributed by atoms with van der Waals surface area (Å²) in [7, 11) is 2.03. The summed E-state index contributed by atoms with van der Waals surface area (Å²) in [5.41, 5.74) is 6.43. The van der Waals surface area contributed by atoms with Crippen LogP contribution in [0.5, 0.6) is 5.75 Å². The van der Waals surface area contributed by atoms with Crippen LogP contribution in [-0.4, -0.2) is 65.5 Å². The minimum Gasteiger partial charge on any atom is -0.508 e. The molecule has 0 aromatic heterocycles. The molecule has 1 saturated carbocycles. The Morgan fingerprint density at radius 1 is 1.29 bits per heavy atom. The number of likely N-dealkylation sites (N-methyl/N-ethyl adjacent to an activating group) is 1. The maximum atomic E-state index is 12.7. The smallest absolute Gasteiger partial charge is 0.251 e. The van der Waals surface area contributed by atoms with Gasteiger partial charge in [-0.25, -0.2) is 0 Å². The van der Waals surface area contributed by atoms with Crippen LogP contribution in [0.1, 0.15) is 49.4 Å². The van der Waals surface area contributed by atoms with Gasteiger partial charge in [-0.1, -0.05) is 13.3 Å². The van der Waals surface area contributed by atoms with Crippen molar-refractivity contribution in [3.63, 3.8) is 0 Å². The Balaban J connectivity index is 1.56. The summed E-state index contributed by atoms with van der Waals surface area (Å²) in [6.45, 7) is 3.88. The number of hydrogen-bond acceptors (Lipinski definition) is 5. The van der Waals surface area contributed by atoms with Crippen LogP contribution < -0.4 is 11.1 Å². The van der Waals surface area contributed by atoms with Gasteiger partial charge in [0.2, 0.25) is 5.91 Å². The zero-order chi connectivity index (χ0) is 20.3. The van der Waals surface area contributed by atoms with Gasteiger partial charge in [0, 0.05) is 42.5 Å². The average molecular weight is 389 g/mol. The fourth-order valence-corrected chi connectivity index (χ4v) is 4.15. The zero-order valence-corrected chi connectivity index (χ0v) is 16.9. The highest BCUT2D eigenvalue weighted by molar-refractivity contribution is 5.95. The SMILES string of the molecule is CCC1CN(C(=O)CN(C)C2CCC2)CCC1NC(=O)c1cc(N)cc(O)c1. The first-order valence-electron chi connectivity index (χ1n) is 10.3. The second-order valence-corrected chi connectivity index (χ2v) is 8.19. The van der Waals surface area contributed by atoms with Crippen molar-refractivity contribution in [1.82, 2.24) is 15.1 Å². The number of phenolic OH excluding ortho intramolecular Hbond substituents is 1. The number of aromatic hydroxyl groups is 1. The summed E-state index contributed by atoms with van der Waals surface area (Å²) in [4.78, 5) is 29.4. The first kappa shape index (κ1) is 20.5. The van der Waals surface area contributed by atoms with E-state index in [4.69, 9.17) is 5.73 Å². The van der Waals surface area contributed by atoms with Gasteiger partial charge in [0.05, 0.1) is 6.54 Å². The summed E-state index contributed by atoms with van der Waals surface area (Å²) in [5, 5.41) is 12.7. The molecule has 154 valence electrons. The van der Waals surface area contributed by atoms with Gasteiger partial charge in [0.25, 0.3) is 5.91 Å². The first-order valence-corrected chi connectivity index (χ1v) is 10.3. The predicted molar refractivity (Wildman–Crippen MR) is 109 cm³/mol. The molecule has 1 aliphatic carbocycles. The lowest BCUT2D eigenvalue weighted by Gasteiger charge is -2.40. The predicted octanol–water partition coefficient (Wildman–Crippen LogP) is 1.82. The molecule has 2 fully saturated rings. The minimum absolute atomic E-state index is 0.00878. The Morgan fingerprint density at radius 3 is 2.64 bits per heavy atom. The van der Waals surface area contributed by atoms with Crippen LogP contribution in [0.15, 0.2) is 18.2 Å². The number of anilines is 1. The Kier molecular flexibility index (Phi) is 6.44. The Labute approximate surface area is 166 Å². The van der Waals surface area contributed by atoms with Gasteiger partial charge in [0.15, 0.2) is 0 Å². The van der Waals surface area contributed by atoms with Crippen LogP contribution >= 0.6 is 0 Å². The summed E-state index contributed by atoms with van der Waals surface area (Å²) >= 11 is 0. The normalized spacial score (nSPS) is 22.8. The lowest BCUT2D eigenvalue weighted by molar-refractivity contribution is -0.135. The average Bonchev–Trinajstić information content (AvgIpc) is 2.59. The third-order valence-electron chi connectivity index (χ3n) is 6.21. The monoisotopic (exact) mass is 388 g/mol. The van der Waals surface area contributed by atoms with Crippen LogP contribution in [0, 0.1) is 5.92 Å². The third-order valence-corrected chi connectivity index (χ3v) is 6.21.